The van der Waals surface area contributed by atoms with Crippen LogP contribution >= 0.6 is 0 Å². The molecule has 2 heterocycles. The number of alkyl halides is 3. The molecule has 1 aromatic heterocycles. The maximum atomic E-state index is 12.0. The van der Waals surface area contributed by atoms with Gasteiger partial charge in [-0.2, -0.15) is 13.2 Å². The molecule has 0 fully saturated rings. The van der Waals surface area contributed by atoms with E-state index in [2.05, 4.69) is 20.2 Å². The second kappa shape index (κ2) is 9.17. The van der Waals surface area contributed by atoms with Crippen molar-refractivity contribution in [1.82, 2.24) is 14.9 Å². The minimum absolute atomic E-state index is 0.0371. The summed E-state index contributed by atoms with van der Waals surface area (Å²) in [4.78, 5) is 25.2. The number of aromatic nitrogens is 2. The van der Waals surface area contributed by atoms with E-state index in [1.165, 1.54) is 5.56 Å². The molecule has 3 N–H and O–H groups in total. The SMILES string of the molecule is O=C(CCc1ccccc1)Nc1cnc2n1CCNC2.O=C(O)C(F)(F)F. The van der Waals surface area contributed by atoms with Crippen LogP contribution in [0, 0.1) is 0 Å². The van der Waals surface area contributed by atoms with E-state index >= 15 is 0 Å². The number of carbonyl (C=O) groups excluding carboxylic acids is 1. The number of aryl methyl sites for hydroxylation is 1. The zero-order valence-corrected chi connectivity index (χ0v) is 14.3. The summed E-state index contributed by atoms with van der Waals surface area (Å²) < 4.78 is 33.8. The van der Waals surface area contributed by atoms with Crippen molar-refractivity contribution in [1.29, 1.82) is 0 Å². The molecule has 1 aromatic carbocycles. The molecule has 3 rings (SSSR count). The number of benzene rings is 1. The van der Waals surface area contributed by atoms with Crippen molar-refractivity contribution in [2.24, 2.45) is 0 Å². The van der Waals surface area contributed by atoms with Crippen molar-refractivity contribution in [2.75, 3.05) is 11.9 Å². The molecule has 0 atom stereocenters. The molecule has 0 saturated heterocycles. The van der Waals surface area contributed by atoms with Crippen molar-refractivity contribution in [3.8, 4) is 0 Å². The van der Waals surface area contributed by atoms with E-state index < -0.39 is 12.1 Å². The highest BCUT2D eigenvalue weighted by molar-refractivity contribution is 5.90. The lowest BCUT2D eigenvalue weighted by Crippen LogP contribution is -2.29. The van der Waals surface area contributed by atoms with Crippen molar-refractivity contribution in [3.63, 3.8) is 0 Å². The molecule has 1 aliphatic rings. The third-order valence-electron chi connectivity index (χ3n) is 3.73. The Bertz CT molecular complexity index is 775. The fourth-order valence-corrected chi connectivity index (χ4v) is 2.40. The van der Waals surface area contributed by atoms with Crippen LogP contribution in [0.3, 0.4) is 0 Å². The summed E-state index contributed by atoms with van der Waals surface area (Å²) >= 11 is 0. The number of anilines is 1. The lowest BCUT2D eigenvalue weighted by Gasteiger charge is -2.17. The lowest BCUT2D eigenvalue weighted by atomic mass is 10.1. The first kappa shape index (κ1) is 20.4. The first-order chi connectivity index (χ1) is 12.8. The number of nitrogens with one attached hydrogen (secondary N) is 2. The van der Waals surface area contributed by atoms with Crippen LogP contribution in [0.2, 0.25) is 0 Å². The van der Waals surface area contributed by atoms with Gasteiger partial charge in [-0.3, -0.25) is 4.79 Å². The fourth-order valence-electron chi connectivity index (χ4n) is 2.40. The number of carboxylic acid groups (broad SMARTS) is 1. The Kier molecular flexibility index (Phi) is 6.94. The second-order valence-corrected chi connectivity index (χ2v) is 5.72. The molecule has 0 bridgehead atoms. The smallest absolute Gasteiger partial charge is 0.475 e. The Balaban J connectivity index is 0.000000321. The molecular formula is C17H19F3N4O3. The number of imidazole rings is 1. The first-order valence-corrected chi connectivity index (χ1v) is 8.16. The molecule has 2 aromatic rings. The normalized spacial score (nSPS) is 13.1. The first-order valence-electron chi connectivity index (χ1n) is 8.16. The Morgan fingerprint density at radius 1 is 1.26 bits per heavy atom. The quantitative estimate of drug-likeness (QED) is 0.751. The van der Waals surface area contributed by atoms with Crippen LogP contribution in [0.15, 0.2) is 36.5 Å². The number of carbonyl (C=O) groups is 2. The molecule has 146 valence electrons. The topological polar surface area (TPSA) is 96.3 Å². The number of hydrogen-bond acceptors (Lipinski definition) is 4. The number of aliphatic carboxylic acids is 1. The summed E-state index contributed by atoms with van der Waals surface area (Å²) in [6, 6.07) is 10.1. The van der Waals surface area contributed by atoms with Crippen LogP contribution in [-0.2, 0) is 29.1 Å². The van der Waals surface area contributed by atoms with Gasteiger partial charge in [0.05, 0.1) is 12.7 Å². The molecule has 0 saturated carbocycles. The number of amides is 1. The monoisotopic (exact) mass is 384 g/mol. The molecule has 0 spiro atoms. The minimum Gasteiger partial charge on any atom is -0.475 e. The van der Waals surface area contributed by atoms with Crippen LogP contribution in [0.25, 0.3) is 0 Å². The molecule has 10 heteroatoms. The molecule has 1 amide bonds. The van der Waals surface area contributed by atoms with Gasteiger partial charge in [-0.15, -0.1) is 0 Å². The predicted octanol–water partition coefficient (Wildman–Crippen LogP) is 2.19. The van der Waals surface area contributed by atoms with Gasteiger partial charge in [0.15, 0.2) is 0 Å². The maximum Gasteiger partial charge on any atom is 0.490 e. The maximum absolute atomic E-state index is 12.0. The highest BCUT2D eigenvalue weighted by atomic mass is 19.4. The van der Waals surface area contributed by atoms with Crippen molar-refractivity contribution in [3.05, 3.63) is 47.9 Å². The minimum atomic E-state index is -5.08. The highest BCUT2D eigenvalue weighted by Gasteiger charge is 2.38. The Morgan fingerprint density at radius 3 is 2.56 bits per heavy atom. The lowest BCUT2D eigenvalue weighted by molar-refractivity contribution is -0.192. The Hall–Kier alpha value is -2.88. The summed E-state index contributed by atoms with van der Waals surface area (Å²) in [5, 5.41) is 13.3. The largest absolute Gasteiger partial charge is 0.490 e. The zero-order valence-electron chi connectivity index (χ0n) is 14.3. The van der Waals surface area contributed by atoms with E-state index in [1.807, 2.05) is 30.3 Å². The molecular weight excluding hydrogens is 365 g/mol. The van der Waals surface area contributed by atoms with Gasteiger partial charge < -0.3 is 20.3 Å². The van der Waals surface area contributed by atoms with Crippen molar-refractivity contribution >= 4 is 17.7 Å². The van der Waals surface area contributed by atoms with Crippen molar-refractivity contribution < 1.29 is 27.9 Å². The van der Waals surface area contributed by atoms with E-state index in [4.69, 9.17) is 9.90 Å². The second-order valence-electron chi connectivity index (χ2n) is 5.72. The van der Waals surface area contributed by atoms with Gasteiger partial charge in [0, 0.05) is 19.5 Å². The number of halogens is 3. The van der Waals surface area contributed by atoms with Crippen LogP contribution < -0.4 is 10.6 Å². The van der Waals surface area contributed by atoms with Crippen LogP contribution in [0.4, 0.5) is 19.0 Å². The van der Waals surface area contributed by atoms with Gasteiger partial charge in [0.25, 0.3) is 0 Å². The molecule has 0 aliphatic carbocycles. The van der Waals surface area contributed by atoms with Gasteiger partial charge >= 0.3 is 12.1 Å². The number of carboxylic acids is 1. The average molecular weight is 384 g/mol. The number of nitrogens with zero attached hydrogens (tertiary/aromatic N) is 2. The molecule has 0 unspecified atom stereocenters. The number of rotatable bonds is 4. The molecule has 0 radical (unpaired) electrons. The van der Waals surface area contributed by atoms with E-state index in [0.717, 1.165) is 37.7 Å². The summed E-state index contributed by atoms with van der Waals surface area (Å²) in [7, 11) is 0. The Labute approximate surface area is 153 Å². The van der Waals surface area contributed by atoms with Crippen LogP contribution in [0.1, 0.15) is 17.8 Å². The fraction of sp³-hybridized carbons (Fsp3) is 0.353. The van der Waals surface area contributed by atoms with E-state index in [-0.39, 0.29) is 5.91 Å². The summed E-state index contributed by atoms with van der Waals surface area (Å²) in [5.41, 5.74) is 1.18. The van der Waals surface area contributed by atoms with Crippen LogP contribution in [0.5, 0.6) is 0 Å². The van der Waals surface area contributed by atoms with Gasteiger partial charge in [-0.05, 0) is 12.0 Å². The van der Waals surface area contributed by atoms with Gasteiger partial charge in [-0.1, -0.05) is 30.3 Å². The third kappa shape index (κ3) is 6.41. The third-order valence-corrected chi connectivity index (χ3v) is 3.73. The zero-order chi connectivity index (χ0) is 19.9. The van der Waals surface area contributed by atoms with Crippen LogP contribution in [-0.4, -0.2) is 39.3 Å². The standard InChI is InChI=1S/C15H18N4O.C2HF3O2/c20-15(7-6-12-4-2-1-3-5-12)18-14-11-17-13-10-16-8-9-19(13)14;3-2(4,5)1(6)7/h1-5,11,16H,6-10H2,(H,18,20);(H,6,7). The molecule has 27 heavy (non-hydrogen) atoms. The summed E-state index contributed by atoms with van der Waals surface area (Å²) in [6.45, 7) is 2.53. The van der Waals surface area contributed by atoms with E-state index in [1.54, 1.807) is 6.20 Å². The van der Waals surface area contributed by atoms with Gasteiger partial charge in [0.2, 0.25) is 5.91 Å². The van der Waals surface area contributed by atoms with Gasteiger partial charge in [-0.25, -0.2) is 9.78 Å². The highest BCUT2D eigenvalue weighted by Crippen LogP contribution is 2.14. The summed E-state index contributed by atoms with van der Waals surface area (Å²) in [5.74, 6) is -0.934. The van der Waals surface area contributed by atoms with E-state index in [0.29, 0.717) is 6.42 Å². The van der Waals surface area contributed by atoms with E-state index in [9.17, 15) is 18.0 Å². The molecule has 7 nitrogen and oxygen atoms in total. The predicted molar refractivity (Wildman–Crippen MR) is 91.0 cm³/mol. The van der Waals surface area contributed by atoms with Crippen molar-refractivity contribution in [2.45, 2.75) is 32.1 Å². The Morgan fingerprint density at radius 2 is 1.93 bits per heavy atom. The summed E-state index contributed by atoms with van der Waals surface area (Å²) in [6.07, 6.45) is -2.10. The molecule has 1 aliphatic heterocycles. The number of hydrogen-bond donors (Lipinski definition) is 3. The number of fused-ring (bicyclic) bond motifs is 1. The average Bonchev–Trinajstić information content (AvgIpc) is 3.04. The van der Waals surface area contributed by atoms with Gasteiger partial charge in [0.1, 0.15) is 11.6 Å².